The monoisotopic (exact) mass is 477 g/mol. The van der Waals surface area contributed by atoms with Gasteiger partial charge < -0.3 is 26.2 Å². The van der Waals surface area contributed by atoms with E-state index >= 15 is 0 Å². The van der Waals surface area contributed by atoms with Gasteiger partial charge in [-0.3, -0.25) is 0 Å². The Balaban J connectivity index is 2.12. The number of hydrogen-bond donors (Lipinski definition) is 3. The summed E-state index contributed by atoms with van der Waals surface area (Å²) >= 11 is -3.06. The summed E-state index contributed by atoms with van der Waals surface area (Å²) in [5.41, 5.74) is 8.83. The third kappa shape index (κ3) is 5.63. The van der Waals surface area contributed by atoms with Crippen molar-refractivity contribution in [2.24, 2.45) is 17.4 Å². The zero-order valence-electron chi connectivity index (χ0n) is 16.5. The molecule has 0 aliphatic carbocycles. The van der Waals surface area contributed by atoms with Crippen LogP contribution in [0.4, 0.5) is 26.7 Å². The van der Waals surface area contributed by atoms with Gasteiger partial charge in [-0.05, 0) is 43.3 Å². The smallest absolute Gasteiger partial charge is 0.416 e. The summed E-state index contributed by atoms with van der Waals surface area (Å²) in [6, 6.07) is 2.36. The summed E-state index contributed by atoms with van der Waals surface area (Å²) < 4.78 is 80.9. The third-order valence-electron chi connectivity index (χ3n) is 4.84. The van der Waals surface area contributed by atoms with Crippen molar-refractivity contribution in [2.75, 3.05) is 13.1 Å². The Kier molecular flexibility index (Phi) is 7.97. The van der Waals surface area contributed by atoms with E-state index in [-0.39, 0.29) is 31.6 Å². The Morgan fingerprint density at radius 3 is 2.38 bits per heavy atom. The molecule has 13 heteroatoms. The van der Waals surface area contributed by atoms with Gasteiger partial charge in [0.25, 0.3) is 0 Å². The van der Waals surface area contributed by atoms with E-state index in [4.69, 9.17) is 16.7 Å². The minimum Gasteiger partial charge on any atom is -0.607 e. The second-order valence-corrected chi connectivity index (χ2v) is 8.35. The van der Waals surface area contributed by atoms with Gasteiger partial charge in [-0.15, -0.1) is 0 Å². The standard InChI is InChI=1S/C19H20F5N5O2S/c20-18(21,22)14-1-2-16(12(9-14)10-26)32(31)19(23,24)13-4-7-29(8-5-13)17(30)28-15(11-27)3-6-25/h1-3,6,9,11,13H,4-5,7-8,25,27H2,(H,28,30)/b6-3-,15-11+. The van der Waals surface area contributed by atoms with Crippen LogP contribution in [-0.2, 0) is 17.4 Å². The van der Waals surface area contributed by atoms with Crippen molar-refractivity contribution in [3.8, 4) is 6.07 Å². The van der Waals surface area contributed by atoms with Gasteiger partial charge in [0.15, 0.2) is 4.90 Å². The number of hydrogen-bond acceptors (Lipinski definition) is 5. The first-order chi connectivity index (χ1) is 14.9. The molecule has 0 saturated carbocycles. The van der Waals surface area contributed by atoms with Crippen molar-refractivity contribution in [2.45, 2.75) is 29.2 Å². The Bertz CT molecular complexity index is 937. The van der Waals surface area contributed by atoms with Gasteiger partial charge in [-0.1, -0.05) is 0 Å². The molecule has 1 unspecified atom stereocenters. The summed E-state index contributed by atoms with van der Waals surface area (Å²) in [5, 5.41) is 7.72. The van der Waals surface area contributed by atoms with Gasteiger partial charge >= 0.3 is 17.5 Å². The van der Waals surface area contributed by atoms with E-state index in [1.54, 1.807) is 0 Å². The van der Waals surface area contributed by atoms with Crippen LogP contribution in [0.5, 0.6) is 0 Å². The number of nitrogens with one attached hydrogen (secondary N) is 1. The van der Waals surface area contributed by atoms with Gasteiger partial charge in [-0.2, -0.15) is 27.2 Å². The number of nitrogens with zero attached hydrogens (tertiary/aromatic N) is 2. The van der Waals surface area contributed by atoms with E-state index in [9.17, 15) is 31.3 Å². The molecular formula is C19H20F5N5O2S. The van der Waals surface area contributed by atoms with Crippen LogP contribution < -0.4 is 16.8 Å². The number of nitrogens with two attached hydrogens (primary N) is 2. The number of rotatable bonds is 5. The van der Waals surface area contributed by atoms with Gasteiger partial charge in [0.05, 0.1) is 28.4 Å². The number of benzene rings is 1. The van der Waals surface area contributed by atoms with Crippen LogP contribution >= 0.6 is 0 Å². The number of allylic oxidation sites excluding steroid dienone is 1. The molecule has 1 aromatic rings. The molecule has 7 nitrogen and oxygen atoms in total. The SMILES string of the molecule is N#Cc1cc(C(F)(F)F)ccc1[S+]([O-])C(F)(F)C1CCN(C(=O)NC(/C=C\N)=C/N)CC1. The molecule has 0 aromatic heterocycles. The topological polar surface area (TPSA) is 131 Å². The largest absolute Gasteiger partial charge is 0.607 e. The maximum absolute atomic E-state index is 14.9. The summed E-state index contributed by atoms with van der Waals surface area (Å²) in [4.78, 5) is 12.8. The molecule has 174 valence electrons. The van der Waals surface area contributed by atoms with Gasteiger partial charge in [-0.25, -0.2) is 4.79 Å². The minimum absolute atomic E-state index is 0.0778. The zero-order chi connectivity index (χ0) is 24.1. The second kappa shape index (κ2) is 10.1. The Labute approximate surface area is 183 Å². The first-order valence-electron chi connectivity index (χ1n) is 9.22. The van der Waals surface area contributed by atoms with Crippen molar-refractivity contribution in [1.82, 2.24) is 10.2 Å². The molecule has 1 saturated heterocycles. The number of alkyl halides is 5. The van der Waals surface area contributed by atoms with Crippen LogP contribution in [0.25, 0.3) is 0 Å². The number of carbonyl (C=O) groups is 1. The molecule has 0 bridgehead atoms. The van der Waals surface area contributed by atoms with E-state index in [1.165, 1.54) is 17.0 Å². The fraction of sp³-hybridized carbons (Fsp3) is 0.368. The van der Waals surface area contributed by atoms with Crippen LogP contribution in [0, 0.1) is 17.2 Å². The number of carbonyl (C=O) groups excluding carboxylic acids is 1. The maximum Gasteiger partial charge on any atom is 0.416 e. The molecule has 0 spiro atoms. The highest BCUT2D eigenvalue weighted by Crippen LogP contribution is 2.42. The van der Waals surface area contributed by atoms with Crippen LogP contribution in [0.1, 0.15) is 24.0 Å². The van der Waals surface area contributed by atoms with Crippen molar-refractivity contribution in [3.63, 3.8) is 0 Å². The number of likely N-dealkylation sites (tertiary alicyclic amines) is 1. The fourth-order valence-electron chi connectivity index (χ4n) is 3.12. The highest BCUT2D eigenvalue weighted by molar-refractivity contribution is 7.92. The summed E-state index contributed by atoms with van der Waals surface area (Å²) in [6.45, 7) is -0.156. The van der Waals surface area contributed by atoms with E-state index in [0.717, 1.165) is 12.4 Å². The fourth-order valence-corrected chi connectivity index (χ4v) is 4.44. The van der Waals surface area contributed by atoms with Gasteiger partial charge in [0.2, 0.25) is 0 Å². The zero-order valence-corrected chi connectivity index (χ0v) is 17.4. The molecule has 2 amide bonds. The van der Waals surface area contributed by atoms with Crippen molar-refractivity contribution in [1.29, 1.82) is 5.26 Å². The minimum atomic E-state index is -4.78. The maximum atomic E-state index is 14.9. The van der Waals surface area contributed by atoms with Crippen molar-refractivity contribution >= 4 is 17.2 Å². The first-order valence-corrected chi connectivity index (χ1v) is 10.4. The lowest BCUT2D eigenvalue weighted by atomic mass is 9.97. The molecule has 1 aliphatic heterocycles. The van der Waals surface area contributed by atoms with E-state index in [2.05, 4.69) is 5.32 Å². The Hall–Kier alpha value is -2.98. The highest BCUT2D eigenvalue weighted by atomic mass is 32.2. The molecule has 1 heterocycles. The van der Waals surface area contributed by atoms with E-state index in [1.807, 2.05) is 0 Å². The molecule has 0 radical (unpaired) electrons. The van der Waals surface area contributed by atoms with Crippen LogP contribution in [0.2, 0.25) is 0 Å². The Morgan fingerprint density at radius 1 is 1.25 bits per heavy atom. The van der Waals surface area contributed by atoms with Crippen LogP contribution in [0.15, 0.2) is 47.3 Å². The van der Waals surface area contributed by atoms with E-state index < -0.39 is 50.6 Å². The average molecular weight is 477 g/mol. The number of piperidine rings is 1. The summed E-state index contributed by atoms with van der Waals surface area (Å²) in [6.07, 6.45) is -1.61. The van der Waals surface area contributed by atoms with Crippen molar-refractivity contribution < 1.29 is 31.3 Å². The predicted molar refractivity (Wildman–Crippen MR) is 106 cm³/mol. The molecule has 5 N–H and O–H groups in total. The molecule has 32 heavy (non-hydrogen) atoms. The van der Waals surface area contributed by atoms with Crippen LogP contribution in [-0.4, -0.2) is 33.8 Å². The molecular weight excluding hydrogens is 457 g/mol. The second-order valence-electron chi connectivity index (χ2n) is 6.82. The first kappa shape index (κ1) is 25.3. The lowest BCUT2D eigenvalue weighted by Crippen LogP contribution is -2.48. The number of amides is 2. The number of halogens is 5. The third-order valence-corrected chi connectivity index (χ3v) is 6.42. The average Bonchev–Trinajstić information content (AvgIpc) is 2.77. The molecule has 1 fully saturated rings. The highest BCUT2D eigenvalue weighted by Gasteiger charge is 2.54. The molecule has 2 rings (SSSR count). The molecule has 1 atom stereocenters. The summed E-state index contributed by atoms with van der Waals surface area (Å²) in [5.74, 6) is -1.41. The van der Waals surface area contributed by atoms with Crippen molar-refractivity contribution in [3.05, 3.63) is 53.5 Å². The predicted octanol–water partition coefficient (Wildman–Crippen LogP) is 2.97. The van der Waals surface area contributed by atoms with Gasteiger partial charge in [0.1, 0.15) is 11.6 Å². The lowest BCUT2D eigenvalue weighted by molar-refractivity contribution is -0.137. The Morgan fingerprint density at radius 2 is 1.88 bits per heavy atom. The summed E-state index contributed by atoms with van der Waals surface area (Å²) in [7, 11) is 0. The number of nitriles is 1. The quantitative estimate of drug-likeness (QED) is 0.341. The van der Waals surface area contributed by atoms with Crippen LogP contribution in [0.3, 0.4) is 0 Å². The normalized spacial score (nSPS) is 17.3. The lowest BCUT2D eigenvalue weighted by Gasteiger charge is -2.35. The van der Waals surface area contributed by atoms with Gasteiger partial charge in [0, 0.05) is 19.3 Å². The van der Waals surface area contributed by atoms with E-state index in [0.29, 0.717) is 18.2 Å². The molecule has 1 aliphatic rings. The molecule has 1 aromatic carbocycles. The number of urea groups is 1.